The van der Waals surface area contributed by atoms with Crippen LogP contribution >= 0.6 is 0 Å². The highest BCUT2D eigenvalue weighted by Crippen LogP contribution is 2.21. The third kappa shape index (κ3) is 4.94. The number of sulfonamides is 1. The predicted octanol–water partition coefficient (Wildman–Crippen LogP) is 1.81. The lowest BCUT2D eigenvalue weighted by Gasteiger charge is -2.22. The Morgan fingerprint density at radius 1 is 1.17 bits per heavy atom. The molecule has 0 aliphatic heterocycles. The van der Waals surface area contributed by atoms with E-state index >= 15 is 0 Å². The maximum atomic E-state index is 12.4. The predicted molar refractivity (Wildman–Crippen MR) is 87.8 cm³/mol. The van der Waals surface area contributed by atoms with Gasteiger partial charge >= 0.3 is 0 Å². The minimum Gasteiger partial charge on any atom is -0.481 e. The van der Waals surface area contributed by atoms with Gasteiger partial charge in [-0.05, 0) is 44.0 Å². The molecule has 1 fully saturated rings. The summed E-state index contributed by atoms with van der Waals surface area (Å²) in [6.45, 7) is 1.63. The van der Waals surface area contributed by atoms with Crippen LogP contribution in [-0.2, 0) is 14.8 Å². The van der Waals surface area contributed by atoms with Crippen LogP contribution in [0.3, 0.4) is 0 Å². The summed E-state index contributed by atoms with van der Waals surface area (Å²) in [6, 6.07) is 6.15. The maximum absolute atomic E-state index is 12.4. The van der Waals surface area contributed by atoms with E-state index in [1.807, 2.05) is 0 Å². The summed E-state index contributed by atoms with van der Waals surface area (Å²) in [6.07, 6.45) is 4.46. The number of amides is 1. The Hall–Kier alpha value is -1.60. The van der Waals surface area contributed by atoms with Crippen molar-refractivity contribution in [1.29, 1.82) is 0 Å². The van der Waals surface area contributed by atoms with E-state index in [0.29, 0.717) is 5.75 Å². The van der Waals surface area contributed by atoms with E-state index in [2.05, 4.69) is 10.0 Å². The first-order valence-corrected chi connectivity index (χ1v) is 9.41. The summed E-state index contributed by atoms with van der Waals surface area (Å²) in [7, 11) is -1.97. The van der Waals surface area contributed by atoms with E-state index in [4.69, 9.17) is 4.74 Å². The Kier molecular flexibility index (Phi) is 6.01. The zero-order chi connectivity index (χ0) is 16.9. The number of hydrogen-bond donors (Lipinski definition) is 2. The summed E-state index contributed by atoms with van der Waals surface area (Å²) in [5, 5.41) is 2.50. The van der Waals surface area contributed by atoms with Crippen LogP contribution in [0.5, 0.6) is 5.75 Å². The number of carbonyl (C=O) groups is 1. The van der Waals surface area contributed by atoms with Gasteiger partial charge in [0.25, 0.3) is 5.91 Å². The van der Waals surface area contributed by atoms with Crippen LogP contribution in [0.4, 0.5) is 0 Å². The van der Waals surface area contributed by atoms with E-state index in [1.54, 1.807) is 19.1 Å². The number of likely N-dealkylation sites (N-methyl/N-ethyl adjacent to an activating group) is 1. The fraction of sp³-hybridized carbons (Fsp3) is 0.562. The number of nitrogens with one attached hydrogen (secondary N) is 2. The highest BCUT2D eigenvalue weighted by atomic mass is 32.2. The van der Waals surface area contributed by atoms with Gasteiger partial charge < -0.3 is 10.1 Å². The van der Waals surface area contributed by atoms with Gasteiger partial charge in [-0.15, -0.1) is 0 Å². The molecule has 1 amide bonds. The quantitative estimate of drug-likeness (QED) is 0.827. The van der Waals surface area contributed by atoms with Crippen molar-refractivity contribution in [2.75, 3.05) is 7.05 Å². The van der Waals surface area contributed by atoms with Gasteiger partial charge in [-0.1, -0.05) is 19.3 Å². The lowest BCUT2D eigenvalue weighted by atomic mass is 9.96. The first-order chi connectivity index (χ1) is 10.9. The van der Waals surface area contributed by atoms with Crippen LogP contribution in [-0.4, -0.2) is 33.5 Å². The second kappa shape index (κ2) is 7.79. The number of benzene rings is 1. The first-order valence-electron chi connectivity index (χ1n) is 7.93. The first kappa shape index (κ1) is 17.7. The zero-order valence-corrected chi connectivity index (χ0v) is 14.4. The number of rotatable bonds is 6. The van der Waals surface area contributed by atoms with Gasteiger partial charge in [0, 0.05) is 13.1 Å². The number of hydrogen-bond acceptors (Lipinski definition) is 4. The average Bonchev–Trinajstić information content (AvgIpc) is 2.55. The molecule has 0 aromatic heterocycles. The fourth-order valence-electron chi connectivity index (χ4n) is 2.67. The molecule has 0 heterocycles. The fourth-order valence-corrected chi connectivity index (χ4v) is 3.97. The van der Waals surface area contributed by atoms with Gasteiger partial charge in [-0.25, -0.2) is 13.1 Å². The summed E-state index contributed by atoms with van der Waals surface area (Å²) < 4.78 is 33.0. The van der Waals surface area contributed by atoms with Crippen LogP contribution < -0.4 is 14.8 Å². The molecule has 1 aliphatic carbocycles. The van der Waals surface area contributed by atoms with E-state index in [0.717, 1.165) is 25.7 Å². The number of ether oxygens (including phenoxy) is 1. The molecule has 23 heavy (non-hydrogen) atoms. The van der Waals surface area contributed by atoms with E-state index in [-0.39, 0.29) is 16.8 Å². The van der Waals surface area contributed by atoms with E-state index < -0.39 is 16.1 Å². The third-order valence-corrected chi connectivity index (χ3v) is 5.53. The lowest BCUT2D eigenvalue weighted by Crippen LogP contribution is -2.36. The van der Waals surface area contributed by atoms with Crippen LogP contribution in [0.2, 0.25) is 0 Å². The van der Waals surface area contributed by atoms with Gasteiger partial charge in [-0.3, -0.25) is 4.79 Å². The van der Waals surface area contributed by atoms with Gasteiger partial charge in [-0.2, -0.15) is 0 Å². The van der Waals surface area contributed by atoms with E-state index in [1.165, 1.54) is 25.6 Å². The Labute approximate surface area is 137 Å². The molecular formula is C16H24N2O4S. The molecule has 2 N–H and O–H groups in total. The zero-order valence-electron chi connectivity index (χ0n) is 13.5. The molecule has 1 aliphatic rings. The molecule has 0 spiro atoms. The number of carbonyl (C=O) groups excluding carboxylic acids is 1. The van der Waals surface area contributed by atoms with Gasteiger partial charge in [0.15, 0.2) is 6.10 Å². The second-order valence-corrected chi connectivity index (χ2v) is 7.52. The van der Waals surface area contributed by atoms with Crippen molar-refractivity contribution < 1.29 is 17.9 Å². The Morgan fingerprint density at radius 2 is 1.78 bits per heavy atom. The van der Waals surface area contributed by atoms with Crippen molar-refractivity contribution in [2.24, 2.45) is 0 Å². The molecule has 1 saturated carbocycles. The van der Waals surface area contributed by atoms with Crippen molar-refractivity contribution in [3.8, 4) is 5.75 Å². The summed E-state index contributed by atoms with van der Waals surface area (Å²) in [5.74, 6) is 0.221. The van der Waals surface area contributed by atoms with Crippen molar-refractivity contribution in [1.82, 2.24) is 10.0 Å². The monoisotopic (exact) mass is 340 g/mol. The van der Waals surface area contributed by atoms with Crippen molar-refractivity contribution >= 4 is 15.9 Å². The van der Waals surface area contributed by atoms with Gasteiger partial charge in [0.1, 0.15) is 5.75 Å². The highest BCUT2D eigenvalue weighted by Gasteiger charge is 2.22. The van der Waals surface area contributed by atoms with Gasteiger partial charge in [0.2, 0.25) is 10.0 Å². The molecule has 0 radical (unpaired) electrons. The van der Waals surface area contributed by atoms with Gasteiger partial charge in [0.05, 0.1) is 4.90 Å². The summed E-state index contributed by atoms with van der Waals surface area (Å²) >= 11 is 0. The Balaban J connectivity index is 2.01. The Morgan fingerprint density at radius 3 is 2.35 bits per heavy atom. The molecule has 1 aromatic rings. The molecule has 128 valence electrons. The lowest BCUT2D eigenvalue weighted by molar-refractivity contribution is -0.126. The largest absolute Gasteiger partial charge is 0.481 e. The summed E-state index contributed by atoms with van der Waals surface area (Å²) in [4.78, 5) is 11.6. The van der Waals surface area contributed by atoms with Crippen LogP contribution in [0, 0.1) is 0 Å². The topological polar surface area (TPSA) is 84.5 Å². The van der Waals surface area contributed by atoms with Crippen LogP contribution in [0.25, 0.3) is 0 Å². The normalized spacial score (nSPS) is 17.5. The average molecular weight is 340 g/mol. The minimum atomic E-state index is -3.51. The molecule has 7 heteroatoms. The molecule has 6 nitrogen and oxygen atoms in total. The maximum Gasteiger partial charge on any atom is 0.260 e. The molecule has 1 atom stereocenters. The molecule has 2 rings (SSSR count). The SMILES string of the molecule is CNC(=O)[C@@H](C)Oc1ccc(S(=O)(=O)NC2CCCCC2)cc1. The Bertz CT molecular complexity index is 622. The van der Waals surface area contributed by atoms with Crippen LogP contribution in [0.1, 0.15) is 39.0 Å². The molecule has 0 bridgehead atoms. The minimum absolute atomic E-state index is 0.0259. The molecule has 1 aromatic carbocycles. The highest BCUT2D eigenvalue weighted by molar-refractivity contribution is 7.89. The standard InChI is InChI=1S/C16H24N2O4S/c1-12(16(19)17-2)22-14-8-10-15(11-9-14)23(20,21)18-13-6-4-3-5-7-13/h8-13,18H,3-7H2,1-2H3,(H,17,19)/t12-/m1/s1. The van der Waals surface area contributed by atoms with Crippen LogP contribution in [0.15, 0.2) is 29.2 Å². The van der Waals surface area contributed by atoms with Crippen molar-refractivity contribution in [2.45, 2.75) is 56.1 Å². The molecular weight excluding hydrogens is 316 g/mol. The van der Waals surface area contributed by atoms with Crippen molar-refractivity contribution in [3.63, 3.8) is 0 Å². The molecule has 0 unspecified atom stereocenters. The van der Waals surface area contributed by atoms with Crippen molar-refractivity contribution in [3.05, 3.63) is 24.3 Å². The second-order valence-electron chi connectivity index (χ2n) is 5.80. The molecule has 0 saturated heterocycles. The third-order valence-electron chi connectivity index (χ3n) is 3.99. The smallest absolute Gasteiger partial charge is 0.260 e. The summed E-state index contributed by atoms with van der Waals surface area (Å²) in [5.41, 5.74) is 0. The van der Waals surface area contributed by atoms with E-state index in [9.17, 15) is 13.2 Å².